The number of nitrogens with zero attached hydrogens (tertiary/aromatic N) is 2. The van der Waals surface area contributed by atoms with Crippen molar-refractivity contribution in [1.82, 2.24) is 4.98 Å². The molecule has 0 unspecified atom stereocenters. The van der Waals surface area contributed by atoms with E-state index in [1.807, 2.05) is 30.3 Å². The van der Waals surface area contributed by atoms with E-state index in [1.165, 1.54) is 24.0 Å². The Morgan fingerprint density at radius 2 is 1.93 bits per heavy atom. The summed E-state index contributed by atoms with van der Waals surface area (Å²) in [6.45, 7) is 2.44. The molecule has 0 bridgehead atoms. The van der Waals surface area contributed by atoms with Gasteiger partial charge < -0.3 is 9.47 Å². The summed E-state index contributed by atoms with van der Waals surface area (Å²) < 4.78 is 10.5. The molecule has 0 spiro atoms. The third-order valence-electron chi connectivity index (χ3n) is 4.14. The first-order chi connectivity index (χ1) is 14.2. The first kappa shape index (κ1) is 20.5. The Hall–Kier alpha value is -3.19. The molecule has 0 saturated carbocycles. The highest BCUT2D eigenvalue weighted by atomic mass is 32.1. The molecular formula is C22H23N3O3S. The van der Waals surface area contributed by atoms with Crippen molar-refractivity contribution in [2.45, 2.75) is 19.8 Å². The summed E-state index contributed by atoms with van der Waals surface area (Å²) in [4.78, 5) is 16.3. The number of hydrogen-bond acceptors (Lipinski definition) is 7. The Morgan fingerprint density at radius 3 is 2.66 bits per heavy atom. The number of esters is 1. The topological polar surface area (TPSA) is 72.8 Å². The smallest absolute Gasteiger partial charge is 0.350 e. The first-order valence-electron chi connectivity index (χ1n) is 9.27. The van der Waals surface area contributed by atoms with Gasteiger partial charge in [-0.15, -0.1) is 0 Å². The molecule has 3 aromatic rings. The standard InChI is InChI=1S/C22H23N3O3S/c1-16-20(21(26)27-2)29-22(24-16)25-23-15-18-10-12-19(13-11-18)28-14-6-9-17-7-4-3-5-8-17/h3-5,7-8,10-13,15H,6,9,14H2,1-2H3,(H,24,25)/b23-15-. The van der Waals surface area contributed by atoms with Gasteiger partial charge in [0.15, 0.2) is 0 Å². The summed E-state index contributed by atoms with van der Waals surface area (Å²) in [5.74, 6) is 0.442. The van der Waals surface area contributed by atoms with Gasteiger partial charge in [-0.3, -0.25) is 5.43 Å². The fourth-order valence-electron chi connectivity index (χ4n) is 2.65. The lowest BCUT2D eigenvalue weighted by atomic mass is 10.1. The summed E-state index contributed by atoms with van der Waals surface area (Å²) in [6, 6.07) is 18.1. The van der Waals surface area contributed by atoms with Crippen molar-refractivity contribution in [1.29, 1.82) is 0 Å². The molecule has 1 aromatic heterocycles. The fourth-order valence-corrected chi connectivity index (χ4v) is 3.48. The largest absolute Gasteiger partial charge is 0.494 e. The van der Waals surface area contributed by atoms with Gasteiger partial charge in [-0.05, 0) is 55.2 Å². The van der Waals surface area contributed by atoms with Crippen LogP contribution in [-0.2, 0) is 11.2 Å². The molecule has 0 atom stereocenters. The van der Waals surface area contributed by atoms with Crippen LogP contribution in [0.3, 0.4) is 0 Å². The average Bonchev–Trinajstić information content (AvgIpc) is 3.13. The number of thiazole rings is 1. The minimum atomic E-state index is -0.392. The molecule has 6 nitrogen and oxygen atoms in total. The van der Waals surface area contributed by atoms with E-state index in [1.54, 1.807) is 13.1 Å². The van der Waals surface area contributed by atoms with Gasteiger partial charge in [0.25, 0.3) is 0 Å². The zero-order chi connectivity index (χ0) is 20.5. The Balaban J connectivity index is 1.44. The van der Waals surface area contributed by atoms with Crippen LogP contribution in [0, 0.1) is 6.92 Å². The Kier molecular flexibility index (Phi) is 7.35. The van der Waals surface area contributed by atoms with Crippen molar-refractivity contribution in [3.8, 4) is 5.75 Å². The van der Waals surface area contributed by atoms with Crippen LogP contribution in [0.1, 0.15) is 32.9 Å². The maximum Gasteiger partial charge on any atom is 0.350 e. The van der Waals surface area contributed by atoms with Crippen LogP contribution < -0.4 is 10.2 Å². The predicted molar refractivity (Wildman–Crippen MR) is 116 cm³/mol. The van der Waals surface area contributed by atoms with E-state index in [4.69, 9.17) is 9.47 Å². The number of carbonyl (C=O) groups is 1. The highest BCUT2D eigenvalue weighted by Crippen LogP contribution is 2.23. The summed E-state index contributed by atoms with van der Waals surface area (Å²) >= 11 is 1.21. The molecule has 0 fully saturated rings. The van der Waals surface area contributed by atoms with Gasteiger partial charge in [-0.25, -0.2) is 9.78 Å². The van der Waals surface area contributed by atoms with Gasteiger partial charge in [0.2, 0.25) is 5.13 Å². The van der Waals surface area contributed by atoms with Crippen molar-refractivity contribution in [2.75, 3.05) is 19.1 Å². The third kappa shape index (κ3) is 6.15. The Bertz CT molecular complexity index is 953. The number of nitrogens with one attached hydrogen (secondary N) is 1. The molecule has 7 heteroatoms. The average molecular weight is 410 g/mol. The van der Waals surface area contributed by atoms with Crippen molar-refractivity contribution >= 4 is 28.7 Å². The lowest BCUT2D eigenvalue weighted by molar-refractivity contribution is 0.0605. The molecule has 0 aliphatic carbocycles. The summed E-state index contributed by atoms with van der Waals surface area (Å²) in [5, 5.41) is 4.71. The number of hydrogen-bond donors (Lipinski definition) is 1. The second-order valence-electron chi connectivity index (χ2n) is 6.30. The van der Waals surface area contributed by atoms with Crippen LogP contribution >= 0.6 is 11.3 Å². The van der Waals surface area contributed by atoms with Gasteiger partial charge in [0, 0.05) is 0 Å². The van der Waals surface area contributed by atoms with Gasteiger partial charge in [-0.2, -0.15) is 5.10 Å². The molecule has 0 amide bonds. The number of carbonyl (C=O) groups excluding carboxylic acids is 1. The van der Waals surface area contributed by atoms with E-state index in [2.05, 4.69) is 39.8 Å². The summed E-state index contributed by atoms with van der Waals surface area (Å²) in [7, 11) is 1.35. The molecule has 1 N–H and O–H groups in total. The monoisotopic (exact) mass is 409 g/mol. The number of benzene rings is 2. The van der Waals surface area contributed by atoms with E-state index in [0.717, 1.165) is 24.2 Å². The molecular weight excluding hydrogens is 386 g/mol. The van der Waals surface area contributed by atoms with Crippen LogP contribution in [0.4, 0.5) is 5.13 Å². The zero-order valence-electron chi connectivity index (χ0n) is 16.4. The maximum absolute atomic E-state index is 11.6. The van der Waals surface area contributed by atoms with Gasteiger partial charge >= 0.3 is 5.97 Å². The Labute approximate surface area is 174 Å². The van der Waals surface area contributed by atoms with Crippen molar-refractivity contribution < 1.29 is 14.3 Å². The van der Waals surface area contributed by atoms with Gasteiger partial charge in [0.1, 0.15) is 10.6 Å². The zero-order valence-corrected chi connectivity index (χ0v) is 17.2. The Morgan fingerprint density at radius 1 is 1.17 bits per heavy atom. The van der Waals surface area contributed by atoms with Crippen LogP contribution in [0.25, 0.3) is 0 Å². The molecule has 3 rings (SSSR count). The van der Waals surface area contributed by atoms with E-state index in [-0.39, 0.29) is 0 Å². The highest BCUT2D eigenvalue weighted by Gasteiger charge is 2.15. The van der Waals surface area contributed by atoms with Crippen LogP contribution in [-0.4, -0.2) is 30.9 Å². The van der Waals surface area contributed by atoms with Crippen LogP contribution in [0.2, 0.25) is 0 Å². The van der Waals surface area contributed by atoms with Gasteiger partial charge in [0.05, 0.1) is 25.6 Å². The van der Waals surface area contributed by atoms with E-state index < -0.39 is 5.97 Å². The van der Waals surface area contributed by atoms with E-state index in [0.29, 0.717) is 22.3 Å². The minimum absolute atomic E-state index is 0.392. The molecule has 0 aliphatic heterocycles. The predicted octanol–water partition coefficient (Wildman–Crippen LogP) is 4.70. The highest BCUT2D eigenvalue weighted by molar-refractivity contribution is 7.17. The van der Waals surface area contributed by atoms with Crippen molar-refractivity contribution in [3.05, 3.63) is 76.3 Å². The number of rotatable bonds is 9. The minimum Gasteiger partial charge on any atom is -0.494 e. The molecule has 1 heterocycles. The first-order valence-corrected chi connectivity index (χ1v) is 10.1. The molecule has 0 radical (unpaired) electrons. The van der Waals surface area contributed by atoms with Crippen molar-refractivity contribution in [2.24, 2.45) is 5.10 Å². The summed E-state index contributed by atoms with van der Waals surface area (Å²) in [6.07, 6.45) is 3.66. The fraction of sp³-hybridized carbons (Fsp3) is 0.227. The summed E-state index contributed by atoms with van der Waals surface area (Å²) in [5.41, 5.74) is 5.71. The number of aromatic nitrogens is 1. The third-order valence-corrected chi connectivity index (χ3v) is 5.18. The quantitative estimate of drug-likeness (QED) is 0.240. The second-order valence-corrected chi connectivity index (χ2v) is 7.30. The molecule has 2 aromatic carbocycles. The van der Waals surface area contributed by atoms with Gasteiger partial charge in [-0.1, -0.05) is 41.7 Å². The molecule has 0 saturated heterocycles. The van der Waals surface area contributed by atoms with Crippen LogP contribution in [0.15, 0.2) is 59.7 Å². The van der Waals surface area contributed by atoms with E-state index >= 15 is 0 Å². The molecule has 0 aliphatic rings. The van der Waals surface area contributed by atoms with Crippen LogP contribution in [0.5, 0.6) is 5.75 Å². The lowest BCUT2D eigenvalue weighted by Crippen LogP contribution is -1.99. The number of ether oxygens (including phenoxy) is 2. The maximum atomic E-state index is 11.6. The number of aryl methyl sites for hydroxylation is 2. The molecule has 29 heavy (non-hydrogen) atoms. The number of methoxy groups -OCH3 is 1. The SMILES string of the molecule is COC(=O)c1sc(N/N=C\c2ccc(OCCCc3ccccc3)cc2)nc1C. The lowest BCUT2D eigenvalue weighted by Gasteiger charge is -2.06. The number of hydrazone groups is 1. The second kappa shape index (κ2) is 10.4. The number of anilines is 1. The van der Waals surface area contributed by atoms with Crippen molar-refractivity contribution in [3.63, 3.8) is 0 Å². The van der Waals surface area contributed by atoms with E-state index in [9.17, 15) is 4.79 Å². The normalized spacial score (nSPS) is 10.8. The molecule has 150 valence electrons.